The zero-order chi connectivity index (χ0) is 29.9. The molecule has 3 N–H and O–H groups in total. The number of benzene rings is 3. The van der Waals surface area contributed by atoms with Crippen molar-refractivity contribution in [2.75, 3.05) is 20.8 Å². The lowest BCUT2D eigenvalue weighted by Crippen LogP contribution is -2.12. The van der Waals surface area contributed by atoms with E-state index in [1.54, 1.807) is 38.8 Å². The van der Waals surface area contributed by atoms with E-state index in [1.165, 1.54) is 0 Å². The predicted octanol–water partition coefficient (Wildman–Crippen LogP) is 7.47. The minimum absolute atomic E-state index is 0.180. The lowest BCUT2D eigenvalue weighted by molar-refractivity contribution is 0.405. The molecule has 0 saturated heterocycles. The number of nitrogens with zero attached hydrogens (tertiary/aromatic N) is 2. The zero-order valence-corrected chi connectivity index (χ0v) is 25.2. The summed E-state index contributed by atoms with van der Waals surface area (Å²) < 4.78 is 11.0. The molecule has 1 atom stereocenters. The van der Waals surface area contributed by atoms with Gasteiger partial charge in [-0.2, -0.15) is 0 Å². The summed E-state index contributed by atoms with van der Waals surface area (Å²) >= 11 is 0. The van der Waals surface area contributed by atoms with Crippen LogP contribution in [0.5, 0.6) is 23.0 Å². The number of methoxy groups -OCH3 is 2. The highest BCUT2D eigenvalue weighted by molar-refractivity contribution is 5.88. The van der Waals surface area contributed by atoms with Crippen LogP contribution >= 0.6 is 0 Å². The van der Waals surface area contributed by atoms with Gasteiger partial charge in [0.05, 0.1) is 26.8 Å². The molecule has 1 heterocycles. The van der Waals surface area contributed by atoms with Crippen LogP contribution in [0.15, 0.2) is 64.7 Å². The summed E-state index contributed by atoms with van der Waals surface area (Å²) in [4.78, 5) is 13.0. The molecule has 0 radical (unpaired) electrons. The number of phenols is 2. The Bertz CT molecular complexity index is 1590. The van der Waals surface area contributed by atoms with Crippen LogP contribution < -0.4 is 9.47 Å². The summed E-state index contributed by atoms with van der Waals surface area (Å²) in [6.07, 6.45) is 5.32. The van der Waals surface area contributed by atoms with Gasteiger partial charge in [0.2, 0.25) is 0 Å². The fraction of sp³-hybridized carbons (Fsp3) is 0.353. The topological polar surface area (TPSA) is 99.4 Å². The summed E-state index contributed by atoms with van der Waals surface area (Å²) in [7, 11) is 3.23. The predicted molar refractivity (Wildman–Crippen MR) is 168 cm³/mol. The highest BCUT2D eigenvalue weighted by Crippen LogP contribution is 2.38. The van der Waals surface area contributed by atoms with E-state index in [-0.39, 0.29) is 28.4 Å². The van der Waals surface area contributed by atoms with Crippen LogP contribution in [0.3, 0.4) is 0 Å². The van der Waals surface area contributed by atoms with Gasteiger partial charge in [-0.25, -0.2) is 0 Å². The van der Waals surface area contributed by atoms with Crippen LogP contribution in [0.2, 0.25) is 0 Å². The third-order valence-electron chi connectivity index (χ3n) is 7.20. The van der Waals surface area contributed by atoms with Gasteiger partial charge in [0.1, 0.15) is 23.0 Å². The summed E-state index contributed by atoms with van der Waals surface area (Å²) in [5.74, 6) is 1.67. The van der Waals surface area contributed by atoms with Crippen molar-refractivity contribution in [3.63, 3.8) is 0 Å². The van der Waals surface area contributed by atoms with Gasteiger partial charge in [-0.3, -0.25) is 9.98 Å². The fourth-order valence-electron chi connectivity index (χ4n) is 4.85. The Labute approximate surface area is 242 Å². The standard InChI is InChI=1S/C34H41N3O4/c1-33(2,3)27-15-23(40-7)13-21(31(27)38)17-35-20-30(26-19-37-29-12-10-9-11-25(26)29)36-18-22-14-24(41-8)16-28(32(22)39)34(4,5)6/h9-19,30,37-39H,20H2,1-8H3. The van der Waals surface area contributed by atoms with Crippen molar-refractivity contribution in [1.29, 1.82) is 0 Å². The molecule has 7 heteroatoms. The van der Waals surface area contributed by atoms with Crippen molar-refractivity contribution >= 4 is 23.3 Å². The van der Waals surface area contributed by atoms with Gasteiger partial charge in [0, 0.05) is 57.3 Å². The number of aromatic nitrogens is 1. The van der Waals surface area contributed by atoms with Crippen LogP contribution in [0.4, 0.5) is 0 Å². The SMILES string of the molecule is COc1cc(C=NCC(N=Cc2cc(OC)cc(C(C)(C)C)c2O)c2c[nH]c3ccccc23)c(O)c(C(C)(C)C)c1. The minimum atomic E-state index is -0.360. The molecule has 216 valence electrons. The molecule has 0 aliphatic carbocycles. The van der Waals surface area contributed by atoms with Gasteiger partial charge in [0.15, 0.2) is 0 Å². The molecule has 0 saturated carbocycles. The van der Waals surface area contributed by atoms with E-state index in [4.69, 9.17) is 19.5 Å². The number of aliphatic imine (C=N–C) groups is 2. The largest absolute Gasteiger partial charge is 0.507 e. The molecular weight excluding hydrogens is 514 g/mol. The first-order valence-electron chi connectivity index (χ1n) is 13.8. The first-order chi connectivity index (χ1) is 19.3. The normalized spacial score (nSPS) is 13.4. The summed E-state index contributed by atoms with van der Waals surface area (Å²) in [6, 6.07) is 15.0. The summed E-state index contributed by atoms with van der Waals surface area (Å²) in [6.45, 7) is 12.6. The summed E-state index contributed by atoms with van der Waals surface area (Å²) in [5.41, 5.74) is 4.15. The number of rotatable bonds is 8. The molecule has 1 aromatic heterocycles. The Kier molecular flexibility index (Phi) is 8.47. The molecule has 0 amide bonds. The number of fused-ring (bicyclic) bond motifs is 1. The Morgan fingerprint density at radius 1 is 0.805 bits per heavy atom. The molecule has 41 heavy (non-hydrogen) atoms. The van der Waals surface area contributed by atoms with E-state index in [1.807, 2.05) is 78.1 Å². The van der Waals surface area contributed by atoms with Gasteiger partial charge >= 0.3 is 0 Å². The van der Waals surface area contributed by atoms with Crippen LogP contribution in [0.25, 0.3) is 10.9 Å². The van der Waals surface area contributed by atoms with E-state index in [0.29, 0.717) is 29.2 Å². The van der Waals surface area contributed by atoms with Crippen LogP contribution in [-0.4, -0.2) is 48.4 Å². The molecule has 3 aromatic carbocycles. The van der Waals surface area contributed by atoms with Crippen LogP contribution in [-0.2, 0) is 10.8 Å². The van der Waals surface area contributed by atoms with Crippen molar-refractivity contribution in [3.05, 3.63) is 82.5 Å². The van der Waals surface area contributed by atoms with Gasteiger partial charge in [0.25, 0.3) is 0 Å². The van der Waals surface area contributed by atoms with Gasteiger partial charge in [-0.05, 0) is 41.2 Å². The van der Waals surface area contributed by atoms with E-state index < -0.39 is 0 Å². The number of ether oxygens (including phenoxy) is 2. The van der Waals surface area contributed by atoms with Crippen LogP contribution in [0.1, 0.15) is 75.4 Å². The molecule has 0 spiro atoms. The molecule has 0 fully saturated rings. The molecule has 0 aliphatic rings. The molecule has 7 nitrogen and oxygen atoms in total. The highest BCUT2D eigenvalue weighted by atomic mass is 16.5. The van der Waals surface area contributed by atoms with Crippen molar-refractivity contribution < 1.29 is 19.7 Å². The maximum atomic E-state index is 11.1. The average molecular weight is 556 g/mol. The van der Waals surface area contributed by atoms with E-state index in [9.17, 15) is 10.2 Å². The molecule has 0 bridgehead atoms. The third kappa shape index (κ3) is 6.56. The second-order valence-corrected chi connectivity index (χ2v) is 12.3. The first-order valence-corrected chi connectivity index (χ1v) is 13.8. The van der Waals surface area contributed by atoms with E-state index in [0.717, 1.165) is 27.6 Å². The van der Waals surface area contributed by atoms with E-state index >= 15 is 0 Å². The number of aromatic hydroxyl groups is 2. The monoisotopic (exact) mass is 555 g/mol. The zero-order valence-electron chi connectivity index (χ0n) is 25.2. The van der Waals surface area contributed by atoms with Gasteiger partial charge in [-0.15, -0.1) is 0 Å². The number of nitrogens with one attached hydrogen (secondary N) is 1. The second-order valence-electron chi connectivity index (χ2n) is 12.3. The number of aromatic amines is 1. The van der Waals surface area contributed by atoms with Crippen molar-refractivity contribution in [2.45, 2.75) is 58.4 Å². The fourth-order valence-corrected chi connectivity index (χ4v) is 4.85. The molecule has 4 aromatic rings. The van der Waals surface area contributed by atoms with Crippen molar-refractivity contribution in [2.24, 2.45) is 9.98 Å². The maximum Gasteiger partial charge on any atom is 0.128 e. The maximum absolute atomic E-state index is 11.1. The lowest BCUT2D eigenvalue weighted by atomic mass is 9.85. The quantitative estimate of drug-likeness (QED) is 0.196. The van der Waals surface area contributed by atoms with E-state index in [2.05, 4.69) is 11.1 Å². The van der Waals surface area contributed by atoms with Crippen molar-refractivity contribution in [3.8, 4) is 23.0 Å². The third-order valence-corrected chi connectivity index (χ3v) is 7.20. The minimum Gasteiger partial charge on any atom is -0.507 e. The Balaban J connectivity index is 1.75. The smallest absolute Gasteiger partial charge is 0.128 e. The number of phenolic OH excluding ortho intramolecular Hbond substituents is 2. The lowest BCUT2D eigenvalue weighted by Gasteiger charge is -2.22. The summed E-state index contributed by atoms with van der Waals surface area (Å²) in [5, 5.41) is 23.2. The highest BCUT2D eigenvalue weighted by Gasteiger charge is 2.23. The Hall–Kier alpha value is -4.26. The second kappa shape index (κ2) is 11.7. The Morgan fingerprint density at radius 3 is 1.88 bits per heavy atom. The average Bonchev–Trinajstić information content (AvgIpc) is 3.35. The molecule has 0 aliphatic heterocycles. The number of hydrogen-bond donors (Lipinski definition) is 3. The van der Waals surface area contributed by atoms with Gasteiger partial charge in [-0.1, -0.05) is 59.7 Å². The Morgan fingerprint density at radius 2 is 1.34 bits per heavy atom. The molecular formula is C34H41N3O4. The van der Waals surface area contributed by atoms with Gasteiger partial charge < -0.3 is 24.7 Å². The molecule has 1 unspecified atom stereocenters. The first kappa shape index (κ1) is 29.7. The number of hydrogen-bond acceptors (Lipinski definition) is 6. The molecule has 4 rings (SSSR count). The van der Waals surface area contributed by atoms with Crippen LogP contribution in [0, 0.1) is 0 Å². The van der Waals surface area contributed by atoms with Crippen molar-refractivity contribution in [1.82, 2.24) is 4.98 Å². The number of H-pyrrole nitrogens is 1. The number of para-hydroxylation sites is 1.